The minimum atomic E-state index is -0.0843. The standard InChI is InChI=1S/C16H16N2S/c17-16-18-15(11-19-16)14-8-6-13(7-9-14)10-12-4-2-1-3-5-12/h1-9,16H,10-11,17H2. The fourth-order valence-electron chi connectivity index (χ4n) is 2.20. The summed E-state index contributed by atoms with van der Waals surface area (Å²) in [6, 6.07) is 19.2. The van der Waals surface area contributed by atoms with Crippen molar-refractivity contribution in [3.8, 4) is 0 Å². The molecule has 1 unspecified atom stereocenters. The van der Waals surface area contributed by atoms with Crippen molar-refractivity contribution in [2.45, 2.75) is 11.9 Å². The number of aliphatic imine (C=N–C) groups is 1. The Morgan fingerprint density at radius 1 is 1.00 bits per heavy atom. The molecule has 2 aromatic carbocycles. The van der Waals surface area contributed by atoms with Crippen molar-refractivity contribution >= 4 is 17.5 Å². The first kappa shape index (κ1) is 12.5. The average Bonchev–Trinajstić information content (AvgIpc) is 2.87. The molecule has 2 nitrogen and oxygen atoms in total. The topological polar surface area (TPSA) is 38.4 Å². The van der Waals surface area contributed by atoms with E-state index in [4.69, 9.17) is 5.73 Å². The number of rotatable bonds is 3. The van der Waals surface area contributed by atoms with Gasteiger partial charge >= 0.3 is 0 Å². The zero-order valence-electron chi connectivity index (χ0n) is 10.6. The molecule has 0 amide bonds. The van der Waals surface area contributed by atoms with E-state index in [1.807, 2.05) is 6.07 Å². The molecule has 1 aliphatic rings. The largest absolute Gasteiger partial charge is 0.301 e. The van der Waals surface area contributed by atoms with Gasteiger partial charge in [-0.05, 0) is 23.1 Å². The number of hydrogen-bond acceptors (Lipinski definition) is 3. The van der Waals surface area contributed by atoms with Crippen LogP contribution in [0.1, 0.15) is 16.7 Å². The summed E-state index contributed by atoms with van der Waals surface area (Å²) < 4.78 is 0. The molecule has 0 radical (unpaired) electrons. The fourth-order valence-corrected chi connectivity index (χ4v) is 2.97. The van der Waals surface area contributed by atoms with Crippen LogP contribution in [0.5, 0.6) is 0 Å². The second-order valence-corrected chi connectivity index (χ2v) is 5.74. The van der Waals surface area contributed by atoms with Crippen molar-refractivity contribution in [3.63, 3.8) is 0 Å². The van der Waals surface area contributed by atoms with Gasteiger partial charge in [-0.1, -0.05) is 54.6 Å². The van der Waals surface area contributed by atoms with Gasteiger partial charge in [-0.3, -0.25) is 4.99 Å². The predicted octanol–water partition coefficient (Wildman–Crippen LogP) is 3.06. The van der Waals surface area contributed by atoms with Gasteiger partial charge in [0.25, 0.3) is 0 Å². The third kappa shape index (κ3) is 3.06. The number of nitrogens with two attached hydrogens (primary N) is 1. The summed E-state index contributed by atoms with van der Waals surface area (Å²) in [7, 11) is 0. The van der Waals surface area contributed by atoms with Gasteiger partial charge in [0.15, 0.2) is 0 Å². The SMILES string of the molecule is NC1N=C(c2ccc(Cc3ccccc3)cc2)CS1. The molecule has 1 atom stereocenters. The van der Waals surface area contributed by atoms with Crippen LogP contribution in [0.3, 0.4) is 0 Å². The van der Waals surface area contributed by atoms with Crippen LogP contribution in [0, 0.1) is 0 Å². The van der Waals surface area contributed by atoms with E-state index in [9.17, 15) is 0 Å². The van der Waals surface area contributed by atoms with E-state index in [1.54, 1.807) is 11.8 Å². The van der Waals surface area contributed by atoms with Crippen molar-refractivity contribution < 1.29 is 0 Å². The van der Waals surface area contributed by atoms with Gasteiger partial charge in [-0.2, -0.15) is 0 Å². The average molecular weight is 268 g/mol. The molecule has 0 bridgehead atoms. The van der Waals surface area contributed by atoms with Gasteiger partial charge in [-0.25, -0.2) is 0 Å². The minimum Gasteiger partial charge on any atom is -0.301 e. The van der Waals surface area contributed by atoms with Crippen LogP contribution >= 0.6 is 11.8 Å². The Kier molecular flexibility index (Phi) is 3.67. The van der Waals surface area contributed by atoms with Gasteiger partial charge in [0, 0.05) is 5.75 Å². The molecule has 96 valence electrons. The molecule has 19 heavy (non-hydrogen) atoms. The normalized spacial score (nSPS) is 18.4. The molecule has 0 saturated heterocycles. The molecule has 0 spiro atoms. The van der Waals surface area contributed by atoms with E-state index < -0.39 is 0 Å². The van der Waals surface area contributed by atoms with E-state index in [0.717, 1.165) is 17.9 Å². The third-order valence-corrected chi connectivity index (χ3v) is 4.10. The number of benzene rings is 2. The van der Waals surface area contributed by atoms with Crippen LogP contribution in [-0.2, 0) is 6.42 Å². The molecule has 0 aromatic heterocycles. The second-order valence-electron chi connectivity index (χ2n) is 4.64. The van der Waals surface area contributed by atoms with E-state index in [2.05, 4.69) is 53.5 Å². The van der Waals surface area contributed by atoms with Crippen molar-refractivity contribution in [2.24, 2.45) is 10.7 Å². The van der Waals surface area contributed by atoms with Gasteiger partial charge in [0.1, 0.15) is 5.50 Å². The monoisotopic (exact) mass is 268 g/mol. The Bertz CT molecular complexity index is 575. The van der Waals surface area contributed by atoms with E-state index >= 15 is 0 Å². The first-order valence-electron chi connectivity index (χ1n) is 6.38. The summed E-state index contributed by atoms with van der Waals surface area (Å²) in [5.74, 6) is 0.916. The van der Waals surface area contributed by atoms with Crippen molar-refractivity contribution in [2.75, 3.05) is 5.75 Å². The molecular formula is C16H16N2S. The molecule has 3 heteroatoms. The molecule has 1 heterocycles. The molecule has 2 aromatic rings. The smallest absolute Gasteiger partial charge is 0.145 e. The fraction of sp³-hybridized carbons (Fsp3) is 0.188. The van der Waals surface area contributed by atoms with Crippen LogP contribution in [0.15, 0.2) is 59.6 Å². The predicted molar refractivity (Wildman–Crippen MR) is 82.7 cm³/mol. The van der Waals surface area contributed by atoms with Crippen LogP contribution in [0.25, 0.3) is 0 Å². The summed E-state index contributed by atoms with van der Waals surface area (Å²) in [4.78, 5) is 4.43. The molecule has 0 saturated carbocycles. The summed E-state index contributed by atoms with van der Waals surface area (Å²) in [6.07, 6.45) is 0.974. The van der Waals surface area contributed by atoms with E-state index in [1.165, 1.54) is 16.7 Å². The zero-order valence-corrected chi connectivity index (χ0v) is 11.4. The summed E-state index contributed by atoms with van der Waals surface area (Å²) in [6.45, 7) is 0. The Morgan fingerprint density at radius 2 is 1.68 bits per heavy atom. The Hall–Kier alpha value is -1.58. The highest BCUT2D eigenvalue weighted by molar-refractivity contribution is 8.00. The summed E-state index contributed by atoms with van der Waals surface area (Å²) >= 11 is 1.68. The summed E-state index contributed by atoms with van der Waals surface area (Å²) in [5.41, 5.74) is 10.7. The second kappa shape index (κ2) is 5.59. The Morgan fingerprint density at radius 3 is 2.32 bits per heavy atom. The van der Waals surface area contributed by atoms with Crippen LogP contribution < -0.4 is 5.73 Å². The molecule has 0 fully saturated rings. The van der Waals surface area contributed by atoms with Crippen LogP contribution in [0.4, 0.5) is 0 Å². The molecular weight excluding hydrogens is 252 g/mol. The first-order valence-corrected chi connectivity index (χ1v) is 7.43. The molecule has 3 rings (SSSR count). The quantitative estimate of drug-likeness (QED) is 0.929. The van der Waals surface area contributed by atoms with Gasteiger partial charge < -0.3 is 5.73 Å². The minimum absolute atomic E-state index is 0.0843. The lowest BCUT2D eigenvalue weighted by Crippen LogP contribution is -2.07. The van der Waals surface area contributed by atoms with Crippen LogP contribution in [-0.4, -0.2) is 17.0 Å². The lowest BCUT2D eigenvalue weighted by molar-refractivity contribution is 1.00. The number of hydrogen-bond donors (Lipinski definition) is 1. The van der Waals surface area contributed by atoms with Crippen LogP contribution in [0.2, 0.25) is 0 Å². The lowest BCUT2D eigenvalue weighted by atomic mass is 10.0. The highest BCUT2D eigenvalue weighted by atomic mass is 32.2. The van der Waals surface area contributed by atoms with E-state index in [0.29, 0.717) is 0 Å². The van der Waals surface area contributed by atoms with Gasteiger partial charge in [0.2, 0.25) is 0 Å². The molecule has 2 N–H and O–H groups in total. The van der Waals surface area contributed by atoms with E-state index in [-0.39, 0.29) is 5.50 Å². The van der Waals surface area contributed by atoms with Gasteiger partial charge in [-0.15, -0.1) is 11.8 Å². The van der Waals surface area contributed by atoms with Crippen molar-refractivity contribution in [3.05, 3.63) is 71.3 Å². The van der Waals surface area contributed by atoms with Crippen molar-refractivity contribution in [1.82, 2.24) is 0 Å². The van der Waals surface area contributed by atoms with Crippen molar-refractivity contribution in [1.29, 1.82) is 0 Å². The number of nitrogens with zero attached hydrogens (tertiary/aromatic N) is 1. The zero-order chi connectivity index (χ0) is 13.1. The first-order chi connectivity index (χ1) is 9.31. The van der Waals surface area contributed by atoms with Gasteiger partial charge in [0.05, 0.1) is 5.71 Å². The highest BCUT2D eigenvalue weighted by Gasteiger charge is 2.15. The Balaban J connectivity index is 1.74. The summed E-state index contributed by atoms with van der Waals surface area (Å²) in [5, 5.41) is 0. The highest BCUT2D eigenvalue weighted by Crippen LogP contribution is 2.20. The molecule has 1 aliphatic heterocycles. The maximum absolute atomic E-state index is 5.77. The lowest BCUT2D eigenvalue weighted by Gasteiger charge is -2.04. The number of thioether (sulfide) groups is 1. The maximum atomic E-state index is 5.77. The third-order valence-electron chi connectivity index (χ3n) is 3.21. The maximum Gasteiger partial charge on any atom is 0.145 e. The Labute approximate surface area is 117 Å². The molecule has 0 aliphatic carbocycles.